The van der Waals surface area contributed by atoms with Crippen LogP contribution in [0.4, 0.5) is 0 Å². The smallest absolute Gasteiger partial charge is 0.303 e. The van der Waals surface area contributed by atoms with Crippen molar-refractivity contribution in [2.45, 2.75) is 71.1 Å². The Labute approximate surface area is 155 Å². The van der Waals surface area contributed by atoms with Crippen LogP contribution in [0.5, 0.6) is 0 Å². The van der Waals surface area contributed by atoms with Gasteiger partial charge in [-0.3, -0.25) is 4.79 Å². The Morgan fingerprint density at radius 3 is 1.61 bits per heavy atom. The van der Waals surface area contributed by atoms with Crippen molar-refractivity contribution in [2.24, 2.45) is 0 Å². The summed E-state index contributed by atoms with van der Waals surface area (Å²) in [5.74, 6) is -0.712. The van der Waals surface area contributed by atoms with Crippen molar-refractivity contribution in [2.75, 3.05) is 0 Å². The van der Waals surface area contributed by atoms with Crippen molar-refractivity contribution in [3.63, 3.8) is 0 Å². The maximum atomic E-state index is 10.3. The number of allylic oxidation sites excluding steroid dienone is 8. The van der Waals surface area contributed by atoms with Crippen LogP contribution in [0.3, 0.4) is 0 Å². The maximum absolute atomic E-state index is 10.3. The van der Waals surface area contributed by atoms with Crippen LogP contribution in [-0.2, 0) is 24.3 Å². The molecule has 0 fully saturated rings. The number of carboxylic acids is 1. The Morgan fingerprint density at radius 1 is 0.739 bits per heavy atom. The summed E-state index contributed by atoms with van der Waals surface area (Å²) >= 11 is 0. The number of aliphatic carboxylic acids is 1. The molecule has 0 amide bonds. The van der Waals surface area contributed by atoms with Crippen LogP contribution in [0.15, 0.2) is 48.6 Å². The minimum Gasteiger partial charge on any atom is -0.481 e. The summed E-state index contributed by atoms with van der Waals surface area (Å²) in [4.78, 5) is 10.3. The third-order valence-electron chi connectivity index (χ3n) is 3.22. The second-order valence-corrected chi connectivity index (χ2v) is 5.37. The van der Waals surface area contributed by atoms with Crippen LogP contribution in [0, 0.1) is 0 Å². The number of unbranched alkanes of at least 4 members (excludes halogenated alkanes) is 4. The Hall–Kier alpha value is -0.947. The van der Waals surface area contributed by atoms with Crippen LogP contribution >= 0.6 is 0 Å². The summed E-state index contributed by atoms with van der Waals surface area (Å²) < 4.78 is 0. The minimum absolute atomic E-state index is 0. The fourth-order valence-electron chi connectivity index (χ4n) is 1.93. The first kappa shape index (κ1) is 24.3. The summed E-state index contributed by atoms with van der Waals surface area (Å²) in [5.41, 5.74) is 0. The van der Waals surface area contributed by atoms with E-state index in [1.54, 1.807) is 0 Å². The Bertz CT molecular complexity index is 368. The molecular weight excluding hydrogens is 338 g/mol. The average molecular weight is 370 g/mol. The van der Waals surface area contributed by atoms with Gasteiger partial charge in [0.15, 0.2) is 0 Å². The summed E-state index contributed by atoms with van der Waals surface area (Å²) in [5, 5.41) is 8.49. The zero-order valence-corrected chi connectivity index (χ0v) is 17.7. The molecule has 3 heteroatoms. The van der Waals surface area contributed by atoms with Gasteiger partial charge in [0.1, 0.15) is 0 Å². The Balaban J connectivity index is 0. The van der Waals surface area contributed by atoms with Gasteiger partial charge in [-0.1, -0.05) is 68.4 Å². The topological polar surface area (TPSA) is 37.3 Å². The molecule has 0 aliphatic heterocycles. The van der Waals surface area contributed by atoms with Crippen LogP contribution in [0.25, 0.3) is 0 Å². The van der Waals surface area contributed by atoms with E-state index in [2.05, 4.69) is 55.5 Å². The van der Waals surface area contributed by atoms with Crippen LogP contribution in [0.1, 0.15) is 71.1 Å². The van der Waals surface area contributed by atoms with E-state index in [9.17, 15) is 4.79 Å². The van der Waals surface area contributed by atoms with E-state index in [-0.39, 0.29) is 25.9 Å². The summed E-state index contributed by atoms with van der Waals surface area (Å²) in [6.07, 6.45) is 27.3. The first-order valence-corrected chi connectivity index (χ1v) is 8.59. The predicted molar refractivity (Wildman–Crippen MR) is 96.0 cm³/mol. The van der Waals surface area contributed by atoms with Gasteiger partial charge in [-0.05, 0) is 44.9 Å². The third kappa shape index (κ3) is 23.5. The molecule has 0 aromatic heterocycles. The Morgan fingerprint density at radius 2 is 1.17 bits per heavy atom. The zero-order chi connectivity index (χ0) is 16.3. The molecule has 0 saturated heterocycles. The summed E-state index contributed by atoms with van der Waals surface area (Å²) in [6.45, 7) is 2.23. The maximum Gasteiger partial charge on any atom is 0.303 e. The fourth-order valence-corrected chi connectivity index (χ4v) is 1.93. The van der Waals surface area contributed by atoms with E-state index in [1.165, 1.54) is 25.7 Å². The van der Waals surface area contributed by atoms with E-state index >= 15 is 0 Å². The Kier molecular flexibility index (Phi) is 22.3. The summed E-state index contributed by atoms with van der Waals surface area (Å²) in [6, 6.07) is 0. The van der Waals surface area contributed by atoms with Gasteiger partial charge in [0.2, 0.25) is 0 Å². The first-order chi connectivity index (χ1) is 10.8. The normalized spacial score (nSPS) is 11.9. The van der Waals surface area contributed by atoms with Crippen molar-refractivity contribution < 1.29 is 29.4 Å². The molecule has 0 aromatic rings. The molecule has 0 radical (unpaired) electrons. The van der Waals surface area contributed by atoms with Gasteiger partial charge in [-0.15, -0.1) is 0 Å². The van der Waals surface area contributed by atoms with Crippen LogP contribution in [0.2, 0.25) is 0 Å². The van der Waals surface area contributed by atoms with Gasteiger partial charge in [0.05, 0.1) is 0 Å². The van der Waals surface area contributed by atoms with E-state index in [0.29, 0.717) is 0 Å². The molecule has 0 spiro atoms. The van der Waals surface area contributed by atoms with E-state index in [4.69, 9.17) is 5.11 Å². The van der Waals surface area contributed by atoms with E-state index in [0.717, 1.165) is 32.1 Å². The quantitative estimate of drug-likeness (QED) is 0.224. The molecular formula is C20H32O2Zn. The van der Waals surface area contributed by atoms with Crippen molar-refractivity contribution in [3.05, 3.63) is 48.6 Å². The SMILES string of the molecule is CCCCCC=CCC=CCC=CCC=CCCCC(=O)O.[Zn]. The van der Waals surface area contributed by atoms with Gasteiger partial charge >= 0.3 is 5.97 Å². The molecule has 0 aliphatic carbocycles. The van der Waals surface area contributed by atoms with Crippen molar-refractivity contribution in [1.82, 2.24) is 0 Å². The summed E-state index contributed by atoms with van der Waals surface area (Å²) in [7, 11) is 0. The molecule has 1 N–H and O–H groups in total. The van der Waals surface area contributed by atoms with Crippen LogP contribution in [-0.4, -0.2) is 11.1 Å². The van der Waals surface area contributed by atoms with Crippen molar-refractivity contribution in [3.8, 4) is 0 Å². The van der Waals surface area contributed by atoms with E-state index < -0.39 is 5.97 Å². The van der Waals surface area contributed by atoms with Gasteiger partial charge < -0.3 is 5.11 Å². The molecule has 126 valence electrons. The number of carbonyl (C=O) groups is 1. The number of hydrogen-bond donors (Lipinski definition) is 1. The molecule has 0 saturated carbocycles. The zero-order valence-electron chi connectivity index (χ0n) is 14.8. The molecule has 0 atom stereocenters. The second-order valence-electron chi connectivity index (χ2n) is 5.37. The van der Waals surface area contributed by atoms with Gasteiger partial charge in [-0.25, -0.2) is 0 Å². The third-order valence-corrected chi connectivity index (χ3v) is 3.22. The van der Waals surface area contributed by atoms with Gasteiger partial charge in [-0.2, -0.15) is 0 Å². The predicted octanol–water partition coefficient (Wildman–Crippen LogP) is 6.21. The standard InChI is InChI=1S/C20H32O2.Zn/c1-2-3-4-5-6-7-8-9-10-11-12-13-14-15-16-17-18-19-20(21)22;/h6-7,9-10,12-13,15-16H,2-5,8,11,14,17-19H2,1H3,(H,21,22);. The number of hydrogen-bond acceptors (Lipinski definition) is 1. The van der Waals surface area contributed by atoms with Gasteiger partial charge in [0, 0.05) is 25.9 Å². The van der Waals surface area contributed by atoms with Crippen molar-refractivity contribution in [1.29, 1.82) is 0 Å². The number of carboxylic acid groups (broad SMARTS) is 1. The molecule has 0 unspecified atom stereocenters. The average Bonchev–Trinajstić information content (AvgIpc) is 2.50. The first-order valence-electron chi connectivity index (χ1n) is 8.59. The fraction of sp³-hybridized carbons (Fsp3) is 0.550. The second kappa shape index (κ2) is 21.1. The van der Waals surface area contributed by atoms with Crippen LogP contribution < -0.4 is 0 Å². The molecule has 23 heavy (non-hydrogen) atoms. The van der Waals surface area contributed by atoms with Gasteiger partial charge in [0.25, 0.3) is 0 Å². The monoisotopic (exact) mass is 368 g/mol. The molecule has 2 nitrogen and oxygen atoms in total. The largest absolute Gasteiger partial charge is 0.481 e. The molecule has 0 aromatic carbocycles. The molecule has 0 bridgehead atoms. The van der Waals surface area contributed by atoms with Crippen molar-refractivity contribution >= 4 is 5.97 Å². The van der Waals surface area contributed by atoms with E-state index in [1.807, 2.05) is 0 Å². The molecule has 0 heterocycles. The molecule has 0 aliphatic rings. The minimum atomic E-state index is -0.712. The number of rotatable bonds is 14. The molecule has 0 rings (SSSR count).